The van der Waals surface area contributed by atoms with Gasteiger partial charge in [-0.25, -0.2) is 9.97 Å². The minimum Gasteiger partial charge on any atom is -0.367 e. The van der Waals surface area contributed by atoms with E-state index in [1.807, 2.05) is 5.38 Å². The van der Waals surface area contributed by atoms with Crippen LogP contribution in [0.25, 0.3) is 10.2 Å². The summed E-state index contributed by atoms with van der Waals surface area (Å²) >= 11 is 7.60. The van der Waals surface area contributed by atoms with E-state index in [4.69, 9.17) is 11.6 Å². The molecule has 2 heterocycles. The number of aromatic nitrogens is 2. The van der Waals surface area contributed by atoms with Crippen molar-refractivity contribution >= 4 is 39.0 Å². The highest BCUT2D eigenvalue weighted by atomic mass is 35.5. The molecule has 1 saturated carbocycles. The fourth-order valence-corrected chi connectivity index (χ4v) is 3.94. The molecule has 0 bridgehead atoms. The molecule has 0 amide bonds. The summed E-state index contributed by atoms with van der Waals surface area (Å²) in [7, 11) is 0. The fraction of sp³-hybridized carbons (Fsp3) is 0.571. The lowest BCUT2D eigenvalue weighted by molar-refractivity contribution is 0.229. The first kappa shape index (κ1) is 13.1. The Morgan fingerprint density at radius 1 is 1.42 bits per heavy atom. The first-order chi connectivity index (χ1) is 9.03. The van der Waals surface area contributed by atoms with Gasteiger partial charge < -0.3 is 5.32 Å². The summed E-state index contributed by atoms with van der Waals surface area (Å²) in [6, 6.07) is 2.55. The molecule has 0 saturated heterocycles. The molecule has 0 spiro atoms. The van der Waals surface area contributed by atoms with Crippen molar-refractivity contribution in [2.75, 3.05) is 5.32 Å². The Kier molecular flexibility index (Phi) is 3.39. The van der Waals surface area contributed by atoms with Gasteiger partial charge in [-0.15, -0.1) is 11.3 Å². The zero-order valence-corrected chi connectivity index (χ0v) is 12.8. The number of anilines is 1. The van der Waals surface area contributed by atoms with Crippen LogP contribution < -0.4 is 5.32 Å². The topological polar surface area (TPSA) is 37.8 Å². The molecule has 3 nitrogen and oxygen atoms in total. The Hall–Kier alpha value is -0.870. The summed E-state index contributed by atoms with van der Waals surface area (Å²) in [5.74, 6) is 0.888. The smallest absolute Gasteiger partial charge is 0.225 e. The molecular weight excluding hydrogens is 278 g/mol. The third-order valence-electron chi connectivity index (χ3n) is 3.84. The second-order valence-corrected chi connectivity index (χ2v) is 7.32. The number of thiophene rings is 1. The Morgan fingerprint density at radius 3 is 3.05 bits per heavy atom. The van der Waals surface area contributed by atoms with E-state index in [-0.39, 0.29) is 0 Å². The molecule has 1 atom stereocenters. The van der Waals surface area contributed by atoms with Crippen molar-refractivity contribution in [1.82, 2.24) is 9.97 Å². The minimum atomic E-state index is 0.326. The molecular formula is C14H18ClN3S. The lowest BCUT2D eigenvalue weighted by Gasteiger charge is -2.35. The van der Waals surface area contributed by atoms with Crippen LogP contribution in [-0.2, 0) is 0 Å². The Morgan fingerprint density at radius 2 is 2.26 bits per heavy atom. The molecule has 1 N–H and O–H groups in total. The molecule has 0 radical (unpaired) electrons. The number of fused-ring (bicyclic) bond motifs is 1. The highest BCUT2D eigenvalue weighted by Gasteiger charge is 2.28. The molecule has 0 aromatic carbocycles. The van der Waals surface area contributed by atoms with Crippen LogP contribution in [0.2, 0.25) is 5.28 Å². The average Bonchev–Trinajstić information content (AvgIpc) is 2.75. The SMILES string of the molecule is CC1(C)CCCC(Nc2nc(Cl)nc3sccc23)C1. The molecule has 5 heteroatoms. The quantitative estimate of drug-likeness (QED) is 0.814. The zero-order valence-electron chi connectivity index (χ0n) is 11.2. The number of nitrogens with zero attached hydrogens (tertiary/aromatic N) is 2. The largest absolute Gasteiger partial charge is 0.367 e. The van der Waals surface area contributed by atoms with E-state index >= 15 is 0 Å². The standard InChI is InChI=1S/C14H18ClN3S/c1-14(2)6-3-4-9(8-14)16-11-10-5-7-19-12(10)18-13(15)17-11/h5,7,9H,3-4,6,8H2,1-2H3,(H,16,17,18). The maximum atomic E-state index is 6.00. The number of rotatable bonds is 2. The van der Waals surface area contributed by atoms with Crippen molar-refractivity contribution in [3.8, 4) is 0 Å². The number of hydrogen-bond donors (Lipinski definition) is 1. The Labute approximate surface area is 122 Å². The van der Waals surface area contributed by atoms with Gasteiger partial charge in [-0.2, -0.15) is 0 Å². The van der Waals surface area contributed by atoms with Gasteiger partial charge in [0.15, 0.2) is 0 Å². The van der Waals surface area contributed by atoms with Crippen molar-refractivity contribution in [3.63, 3.8) is 0 Å². The third-order valence-corrected chi connectivity index (χ3v) is 4.82. The highest BCUT2D eigenvalue weighted by Crippen LogP contribution is 2.37. The van der Waals surface area contributed by atoms with Crippen LogP contribution in [-0.4, -0.2) is 16.0 Å². The summed E-state index contributed by atoms with van der Waals surface area (Å²) in [4.78, 5) is 9.57. The summed E-state index contributed by atoms with van der Waals surface area (Å²) in [5.41, 5.74) is 0.417. The molecule has 3 rings (SSSR count). The van der Waals surface area contributed by atoms with E-state index in [1.54, 1.807) is 11.3 Å². The van der Waals surface area contributed by atoms with Crippen molar-refractivity contribution in [3.05, 3.63) is 16.7 Å². The van der Waals surface area contributed by atoms with Crippen molar-refractivity contribution < 1.29 is 0 Å². The lowest BCUT2D eigenvalue weighted by Crippen LogP contribution is -2.32. The molecule has 2 aromatic heterocycles. The van der Waals surface area contributed by atoms with Gasteiger partial charge in [-0.1, -0.05) is 20.3 Å². The molecule has 1 aliphatic rings. The Balaban J connectivity index is 1.86. The van der Waals surface area contributed by atoms with Crippen LogP contribution >= 0.6 is 22.9 Å². The van der Waals surface area contributed by atoms with Crippen molar-refractivity contribution in [2.45, 2.75) is 45.6 Å². The average molecular weight is 296 g/mol. The second kappa shape index (κ2) is 4.91. The molecule has 1 fully saturated rings. The van der Waals surface area contributed by atoms with E-state index in [2.05, 4.69) is 35.2 Å². The number of nitrogens with one attached hydrogen (secondary N) is 1. The number of hydrogen-bond acceptors (Lipinski definition) is 4. The van der Waals surface area contributed by atoms with E-state index in [1.165, 1.54) is 25.7 Å². The van der Waals surface area contributed by atoms with Crippen molar-refractivity contribution in [2.24, 2.45) is 5.41 Å². The summed E-state index contributed by atoms with van der Waals surface area (Å²) in [6.45, 7) is 4.68. The van der Waals surface area contributed by atoms with Crippen LogP contribution in [0.5, 0.6) is 0 Å². The van der Waals surface area contributed by atoms with Gasteiger partial charge in [0.2, 0.25) is 5.28 Å². The minimum absolute atomic E-state index is 0.326. The van der Waals surface area contributed by atoms with Crippen LogP contribution in [0.1, 0.15) is 39.5 Å². The Bertz CT molecular complexity index is 593. The maximum absolute atomic E-state index is 6.00. The van der Waals surface area contributed by atoms with Gasteiger partial charge in [-0.3, -0.25) is 0 Å². The van der Waals surface area contributed by atoms with Gasteiger partial charge in [0.1, 0.15) is 10.6 Å². The van der Waals surface area contributed by atoms with Gasteiger partial charge in [-0.05, 0) is 47.7 Å². The monoisotopic (exact) mass is 295 g/mol. The summed E-state index contributed by atoms with van der Waals surface area (Å²) < 4.78 is 0. The molecule has 19 heavy (non-hydrogen) atoms. The van der Waals surface area contributed by atoms with Gasteiger partial charge in [0, 0.05) is 6.04 Å². The first-order valence-electron chi connectivity index (χ1n) is 6.71. The summed E-state index contributed by atoms with van der Waals surface area (Å²) in [6.07, 6.45) is 4.97. The fourth-order valence-electron chi connectivity index (χ4n) is 2.95. The third kappa shape index (κ3) is 2.84. The second-order valence-electron chi connectivity index (χ2n) is 6.08. The van der Waals surface area contributed by atoms with Crippen LogP contribution in [0.4, 0.5) is 5.82 Å². The predicted molar refractivity (Wildman–Crippen MR) is 82.1 cm³/mol. The van der Waals surface area contributed by atoms with E-state index in [0.717, 1.165) is 16.0 Å². The predicted octanol–water partition coefficient (Wildman–Crippen LogP) is 4.73. The maximum Gasteiger partial charge on any atom is 0.225 e. The van der Waals surface area contributed by atoms with Gasteiger partial charge >= 0.3 is 0 Å². The van der Waals surface area contributed by atoms with Gasteiger partial charge in [0.05, 0.1) is 5.39 Å². The number of halogens is 1. The molecule has 2 aromatic rings. The molecule has 102 valence electrons. The van der Waals surface area contributed by atoms with Crippen LogP contribution in [0.15, 0.2) is 11.4 Å². The lowest BCUT2D eigenvalue weighted by atomic mass is 9.75. The van der Waals surface area contributed by atoms with E-state index in [0.29, 0.717) is 16.7 Å². The van der Waals surface area contributed by atoms with Gasteiger partial charge in [0.25, 0.3) is 0 Å². The first-order valence-corrected chi connectivity index (χ1v) is 7.97. The normalized spacial score (nSPS) is 22.6. The molecule has 0 aliphatic heterocycles. The van der Waals surface area contributed by atoms with E-state index in [9.17, 15) is 0 Å². The molecule has 1 aliphatic carbocycles. The van der Waals surface area contributed by atoms with E-state index < -0.39 is 0 Å². The highest BCUT2D eigenvalue weighted by molar-refractivity contribution is 7.16. The van der Waals surface area contributed by atoms with Crippen LogP contribution in [0.3, 0.4) is 0 Å². The zero-order chi connectivity index (χ0) is 13.5. The van der Waals surface area contributed by atoms with Crippen molar-refractivity contribution in [1.29, 1.82) is 0 Å². The molecule has 1 unspecified atom stereocenters. The summed E-state index contributed by atoms with van der Waals surface area (Å²) in [5, 5.41) is 7.02. The van der Waals surface area contributed by atoms with Crippen LogP contribution in [0, 0.1) is 5.41 Å².